The van der Waals surface area contributed by atoms with Crippen molar-refractivity contribution in [3.05, 3.63) is 29.3 Å². The summed E-state index contributed by atoms with van der Waals surface area (Å²) < 4.78 is 0. The van der Waals surface area contributed by atoms with Crippen molar-refractivity contribution in [2.75, 3.05) is 31.9 Å². The molecule has 2 N–H and O–H groups in total. The van der Waals surface area contributed by atoms with Crippen LogP contribution in [0.5, 0.6) is 0 Å². The Hall–Kier alpha value is -1.06. The van der Waals surface area contributed by atoms with E-state index in [1.807, 2.05) is 0 Å². The first-order valence-corrected chi connectivity index (χ1v) is 7.41. The van der Waals surface area contributed by atoms with Crippen LogP contribution in [-0.4, -0.2) is 42.0 Å². The number of nitrogens with two attached hydrogens (primary N) is 1. The average molecular weight is 261 g/mol. The van der Waals surface area contributed by atoms with Crippen LogP contribution < -0.4 is 5.73 Å². The summed E-state index contributed by atoms with van der Waals surface area (Å²) in [7, 11) is 0. The van der Waals surface area contributed by atoms with Crippen LogP contribution >= 0.6 is 0 Å². The second-order valence-electron chi connectivity index (χ2n) is 5.76. The molecule has 1 aliphatic heterocycles. The van der Waals surface area contributed by atoms with Crippen LogP contribution in [0.2, 0.25) is 0 Å². The van der Waals surface area contributed by atoms with Gasteiger partial charge in [0.15, 0.2) is 0 Å². The monoisotopic (exact) mass is 261 g/mol. The minimum atomic E-state index is 0.720. The Morgan fingerprint density at radius 3 is 2.47 bits per heavy atom. The van der Waals surface area contributed by atoms with Gasteiger partial charge >= 0.3 is 0 Å². The first-order valence-electron chi connectivity index (χ1n) is 7.41. The molecule has 0 amide bonds. The van der Waals surface area contributed by atoms with Crippen LogP contribution in [0.3, 0.4) is 0 Å². The number of piperazine rings is 1. The van der Waals surface area contributed by atoms with Gasteiger partial charge in [-0.1, -0.05) is 19.1 Å². The summed E-state index contributed by atoms with van der Waals surface area (Å²) >= 11 is 0. The third kappa shape index (κ3) is 3.71. The Balaban J connectivity index is 1.87. The zero-order chi connectivity index (χ0) is 13.8. The van der Waals surface area contributed by atoms with E-state index in [9.17, 15) is 0 Å². The van der Waals surface area contributed by atoms with Crippen molar-refractivity contribution in [2.24, 2.45) is 0 Å². The second kappa shape index (κ2) is 6.40. The topological polar surface area (TPSA) is 32.5 Å². The standard InChI is InChI=1S/C16H27N3/c1-4-14(3)19-9-7-18(8-10-19)12-15-6-5-13(2)16(17)11-15/h5-6,11,14H,4,7-10,12,17H2,1-3H3. The summed E-state index contributed by atoms with van der Waals surface area (Å²) in [6.07, 6.45) is 1.24. The summed E-state index contributed by atoms with van der Waals surface area (Å²) in [5.41, 5.74) is 9.40. The van der Waals surface area contributed by atoms with Crippen molar-refractivity contribution in [1.29, 1.82) is 0 Å². The molecule has 0 aliphatic carbocycles. The number of benzene rings is 1. The highest BCUT2D eigenvalue weighted by Crippen LogP contribution is 2.16. The Kier molecular flexibility index (Phi) is 4.83. The molecule has 1 aromatic carbocycles. The quantitative estimate of drug-likeness (QED) is 0.845. The van der Waals surface area contributed by atoms with E-state index >= 15 is 0 Å². The van der Waals surface area contributed by atoms with Gasteiger partial charge < -0.3 is 5.73 Å². The molecule has 0 spiro atoms. The minimum absolute atomic E-state index is 0.720. The largest absolute Gasteiger partial charge is 0.399 e. The summed E-state index contributed by atoms with van der Waals surface area (Å²) in [6, 6.07) is 7.17. The van der Waals surface area contributed by atoms with Crippen LogP contribution in [0, 0.1) is 6.92 Å². The lowest BCUT2D eigenvalue weighted by Crippen LogP contribution is -2.48. The predicted molar refractivity (Wildman–Crippen MR) is 82.2 cm³/mol. The number of hydrogen-bond acceptors (Lipinski definition) is 3. The summed E-state index contributed by atoms with van der Waals surface area (Å²) in [5.74, 6) is 0. The van der Waals surface area contributed by atoms with E-state index in [0.717, 1.165) is 31.4 Å². The second-order valence-corrected chi connectivity index (χ2v) is 5.76. The maximum Gasteiger partial charge on any atom is 0.0346 e. The molecule has 106 valence electrons. The van der Waals surface area contributed by atoms with E-state index < -0.39 is 0 Å². The summed E-state index contributed by atoms with van der Waals surface area (Å²) in [4.78, 5) is 5.13. The maximum absolute atomic E-state index is 5.98. The Morgan fingerprint density at radius 2 is 1.89 bits per heavy atom. The van der Waals surface area contributed by atoms with Crippen LogP contribution in [0.1, 0.15) is 31.4 Å². The van der Waals surface area contributed by atoms with Crippen LogP contribution in [0.25, 0.3) is 0 Å². The zero-order valence-corrected chi connectivity index (χ0v) is 12.5. The molecule has 1 saturated heterocycles. The van der Waals surface area contributed by atoms with E-state index in [-0.39, 0.29) is 0 Å². The SMILES string of the molecule is CCC(C)N1CCN(Cc2ccc(C)c(N)c2)CC1. The van der Waals surface area contributed by atoms with Crippen molar-refractivity contribution in [2.45, 2.75) is 39.8 Å². The van der Waals surface area contributed by atoms with E-state index in [0.29, 0.717) is 0 Å². The van der Waals surface area contributed by atoms with E-state index in [1.165, 1.54) is 30.6 Å². The summed E-state index contributed by atoms with van der Waals surface area (Å²) in [5, 5.41) is 0. The number of nitrogen functional groups attached to an aromatic ring is 1. The molecule has 19 heavy (non-hydrogen) atoms. The first-order chi connectivity index (χ1) is 9.10. The smallest absolute Gasteiger partial charge is 0.0346 e. The third-order valence-corrected chi connectivity index (χ3v) is 4.37. The summed E-state index contributed by atoms with van der Waals surface area (Å²) in [6.45, 7) is 12.4. The van der Waals surface area contributed by atoms with Crippen LogP contribution in [0.4, 0.5) is 5.69 Å². The minimum Gasteiger partial charge on any atom is -0.399 e. The molecule has 0 saturated carbocycles. The third-order valence-electron chi connectivity index (χ3n) is 4.37. The van der Waals surface area contributed by atoms with E-state index in [4.69, 9.17) is 5.73 Å². The molecule has 1 heterocycles. The van der Waals surface area contributed by atoms with Gasteiger partial charge in [-0.3, -0.25) is 9.80 Å². The molecule has 0 radical (unpaired) electrons. The molecule has 1 unspecified atom stereocenters. The van der Waals surface area contributed by atoms with Crippen molar-refractivity contribution in [1.82, 2.24) is 9.80 Å². The van der Waals surface area contributed by atoms with Gasteiger partial charge in [-0.2, -0.15) is 0 Å². The van der Waals surface area contributed by atoms with E-state index in [2.05, 4.69) is 48.8 Å². The molecular formula is C16H27N3. The van der Waals surface area contributed by atoms with Crippen molar-refractivity contribution in [3.8, 4) is 0 Å². The average Bonchev–Trinajstić information content (AvgIpc) is 2.43. The molecular weight excluding hydrogens is 234 g/mol. The lowest BCUT2D eigenvalue weighted by atomic mass is 10.1. The Bertz CT molecular complexity index is 408. The first kappa shape index (κ1) is 14.4. The van der Waals surface area contributed by atoms with Gasteiger partial charge in [0.1, 0.15) is 0 Å². The van der Waals surface area contributed by atoms with Gasteiger partial charge in [0.25, 0.3) is 0 Å². The molecule has 1 atom stereocenters. The van der Waals surface area contributed by atoms with Crippen LogP contribution in [0.15, 0.2) is 18.2 Å². The molecule has 0 bridgehead atoms. The van der Waals surface area contributed by atoms with Gasteiger partial charge in [-0.05, 0) is 37.5 Å². The Morgan fingerprint density at radius 1 is 1.21 bits per heavy atom. The van der Waals surface area contributed by atoms with Crippen molar-refractivity contribution >= 4 is 5.69 Å². The predicted octanol–water partition coefficient (Wildman–Crippen LogP) is 2.49. The van der Waals surface area contributed by atoms with Crippen molar-refractivity contribution in [3.63, 3.8) is 0 Å². The lowest BCUT2D eigenvalue weighted by molar-refractivity contribution is 0.0964. The number of hydrogen-bond donors (Lipinski definition) is 1. The Labute approximate surface area is 117 Å². The maximum atomic E-state index is 5.98. The molecule has 3 heteroatoms. The van der Waals surface area contributed by atoms with Gasteiger partial charge in [0.2, 0.25) is 0 Å². The number of rotatable bonds is 4. The fourth-order valence-electron chi connectivity index (χ4n) is 2.67. The van der Waals surface area contributed by atoms with E-state index in [1.54, 1.807) is 0 Å². The van der Waals surface area contributed by atoms with Crippen molar-refractivity contribution < 1.29 is 0 Å². The molecule has 1 aliphatic rings. The number of aryl methyl sites for hydroxylation is 1. The molecule has 0 aromatic heterocycles. The lowest BCUT2D eigenvalue weighted by Gasteiger charge is -2.37. The number of anilines is 1. The fourth-order valence-corrected chi connectivity index (χ4v) is 2.67. The van der Waals surface area contributed by atoms with Gasteiger partial charge in [-0.25, -0.2) is 0 Å². The molecule has 2 rings (SSSR count). The highest BCUT2D eigenvalue weighted by atomic mass is 15.3. The number of nitrogens with zero attached hydrogens (tertiary/aromatic N) is 2. The van der Waals surface area contributed by atoms with Gasteiger partial charge in [-0.15, -0.1) is 0 Å². The molecule has 3 nitrogen and oxygen atoms in total. The normalized spacial score (nSPS) is 19.5. The zero-order valence-electron chi connectivity index (χ0n) is 12.5. The molecule has 1 fully saturated rings. The van der Waals surface area contributed by atoms with Gasteiger partial charge in [0.05, 0.1) is 0 Å². The highest BCUT2D eigenvalue weighted by molar-refractivity contribution is 5.48. The highest BCUT2D eigenvalue weighted by Gasteiger charge is 2.19. The van der Waals surface area contributed by atoms with Gasteiger partial charge in [0, 0.05) is 44.5 Å². The van der Waals surface area contributed by atoms with Crippen LogP contribution in [-0.2, 0) is 6.54 Å². The fraction of sp³-hybridized carbons (Fsp3) is 0.625. The molecule has 1 aromatic rings.